The van der Waals surface area contributed by atoms with E-state index in [1.807, 2.05) is 6.07 Å². The Hall–Kier alpha value is -2.43. The molecular weight excluding hydrogens is 218 g/mol. The first-order valence-electron chi connectivity index (χ1n) is 5.12. The van der Waals surface area contributed by atoms with Gasteiger partial charge in [-0.05, 0) is 30.3 Å². The summed E-state index contributed by atoms with van der Waals surface area (Å²) in [5.41, 5.74) is 12.4. The van der Waals surface area contributed by atoms with Gasteiger partial charge in [0.25, 0.3) is 5.91 Å². The Morgan fingerprint density at radius 3 is 2.82 bits per heavy atom. The molecule has 0 saturated carbocycles. The van der Waals surface area contributed by atoms with Crippen molar-refractivity contribution in [1.29, 1.82) is 0 Å². The zero-order valence-electron chi connectivity index (χ0n) is 9.14. The second-order valence-electron chi connectivity index (χ2n) is 3.60. The van der Waals surface area contributed by atoms with Crippen molar-refractivity contribution in [2.24, 2.45) is 5.73 Å². The Labute approximate surface area is 98.4 Å². The average molecular weight is 231 g/mol. The van der Waals surface area contributed by atoms with Crippen LogP contribution in [0.25, 0.3) is 0 Å². The monoisotopic (exact) mass is 231 g/mol. The van der Waals surface area contributed by atoms with Crippen molar-refractivity contribution in [2.75, 3.05) is 11.1 Å². The molecule has 5 heteroatoms. The minimum atomic E-state index is -0.515. The summed E-state index contributed by atoms with van der Waals surface area (Å²) in [6.07, 6.45) is 1.59. The number of nitrogens with two attached hydrogens (primary N) is 2. The number of amides is 1. The highest BCUT2D eigenvalue weighted by molar-refractivity contribution is 5.99. The molecule has 0 unspecified atom stereocenters. The Morgan fingerprint density at radius 2 is 2.18 bits per heavy atom. The number of hydrogen-bond acceptors (Lipinski definition) is 4. The fraction of sp³-hybridized carbons (Fsp3) is 0.0833. The van der Waals surface area contributed by atoms with Gasteiger partial charge in [-0.1, -0.05) is 0 Å². The molecule has 2 aromatic rings. The van der Waals surface area contributed by atoms with E-state index < -0.39 is 5.91 Å². The molecule has 1 aromatic carbocycles. The maximum absolute atomic E-state index is 11.2. The fourth-order valence-corrected chi connectivity index (χ4v) is 1.52. The van der Waals surface area contributed by atoms with Crippen LogP contribution in [0, 0.1) is 0 Å². The summed E-state index contributed by atoms with van der Waals surface area (Å²) in [5.74, 6) is 0.261. The van der Waals surface area contributed by atoms with Gasteiger partial charge in [0.05, 0.1) is 18.4 Å². The number of rotatable bonds is 4. The SMILES string of the molecule is NC(=O)c1cc(N)ccc1NCc1ccco1. The first-order valence-corrected chi connectivity index (χ1v) is 5.12. The molecule has 5 nitrogen and oxygen atoms in total. The summed E-state index contributed by atoms with van der Waals surface area (Å²) < 4.78 is 5.18. The van der Waals surface area contributed by atoms with E-state index in [0.717, 1.165) is 5.76 Å². The van der Waals surface area contributed by atoms with Gasteiger partial charge in [0.1, 0.15) is 5.76 Å². The molecule has 5 N–H and O–H groups in total. The van der Waals surface area contributed by atoms with Gasteiger partial charge in [-0.3, -0.25) is 4.79 Å². The molecule has 0 aliphatic carbocycles. The number of benzene rings is 1. The fourth-order valence-electron chi connectivity index (χ4n) is 1.52. The van der Waals surface area contributed by atoms with Gasteiger partial charge in [0, 0.05) is 11.4 Å². The zero-order chi connectivity index (χ0) is 12.3. The highest BCUT2D eigenvalue weighted by Gasteiger charge is 2.08. The highest BCUT2D eigenvalue weighted by atomic mass is 16.3. The first-order chi connectivity index (χ1) is 8.16. The van der Waals surface area contributed by atoms with Crippen LogP contribution in [-0.4, -0.2) is 5.91 Å². The molecule has 1 aromatic heterocycles. The van der Waals surface area contributed by atoms with Crippen molar-refractivity contribution in [1.82, 2.24) is 0 Å². The predicted molar refractivity (Wildman–Crippen MR) is 65.4 cm³/mol. The Morgan fingerprint density at radius 1 is 1.35 bits per heavy atom. The minimum Gasteiger partial charge on any atom is -0.467 e. The van der Waals surface area contributed by atoms with Crippen LogP contribution in [0.1, 0.15) is 16.1 Å². The molecule has 0 spiro atoms. The lowest BCUT2D eigenvalue weighted by Crippen LogP contribution is -2.14. The molecule has 0 aliphatic heterocycles. The maximum Gasteiger partial charge on any atom is 0.250 e. The molecule has 0 atom stereocenters. The number of nitrogens with one attached hydrogen (secondary N) is 1. The lowest BCUT2D eigenvalue weighted by atomic mass is 10.1. The Kier molecular flexibility index (Phi) is 3.00. The molecule has 0 bridgehead atoms. The largest absolute Gasteiger partial charge is 0.467 e. The lowest BCUT2D eigenvalue weighted by molar-refractivity contribution is 0.100. The van der Waals surface area contributed by atoms with Crippen molar-refractivity contribution in [3.63, 3.8) is 0 Å². The van der Waals surface area contributed by atoms with Crippen molar-refractivity contribution in [3.05, 3.63) is 47.9 Å². The van der Waals surface area contributed by atoms with E-state index in [1.54, 1.807) is 30.5 Å². The third-order valence-corrected chi connectivity index (χ3v) is 2.34. The number of primary amides is 1. The van der Waals surface area contributed by atoms with Crippen LogP contribution in [0.15, 0.2) is 41.0 Å². The van der Waals surface area contributed by atoms with Crippen LogP contribution in [0.4, 0.5) is 11.4 Å². The molecule has 0 saturated heterocycles. The van der Waals surface area contributed by atoms with Crippen molar-refractivity contribution < 1.29 is 9.21 Å². The van der Waals surface area contributed by atoms with Gasteiger partial charge < -0.3 is 21.2 Å². The van der Waals surface area contributed by atoms with Gasteiger partial charge in [-0.15, -0.1) is 0 Å². The summed E-state index contributed by atoms with van der Waals surface area (Å²) in [6, 6.07) is 8.62. The third-order valence-electron chi connectivity index (χ3n) is 2.34. The van der Waals surface area contributed by atoms with Crippen LogP contribution in [0.5, 0.6) is 0 Å². The quantitative estimate of drug-likeness (QED) is 0.696. The molecule has 2 rings (SSSR count). The summed E-state index contributed by atoms with van der Waals surface area (Å²) in [5, 5.41) is 3.07. The van der Waals surface area contributed by atoms with Gasteiger partial charge >= 0.3 is 0 Å². The second-order valence-corrected chi connectivity index (χ2v) is 3.60. The zero-order valence-corrected chi connectivity index (χ0v) is 9.14. The van der Waals surface area contributed by atoms with Gasteiger partial charge in [-0.2, -0.15) is 0 Å². The second kappa shape index (κ2) is 4.61. The van der Waals surface area contributed by atoms with E-state index in [1.165, 1.54) is 0 Å². The van der Waals surface area contributed by atoms with Crippen LogP contribution in [-0.2, 0) is 6.54 Å². The van der Waals surface area contributed by atoms with Gasteiger partial charge in [0.2, 0.25) is 0 Å². The lowest BCUT2D eigenvalue weighted by Gasteiger charge is -2.09. The number of anilines is 2. The standard InChI is InChI=1S/C12H13N3O2/c13-8-3-4-11(10(6-8)12(14)16)15-7-9-2-1-5-17-9/h1-6,15H,7,13H2,(H2,14,16). The smallest absolute Gasteiger partial charge is 0.250 e. The number of furan rings is 1. The molecule has 1 heterocycles. The van der Waals surface area contributed by atoms with E-state index in [4.69, 9.17) is 15.9 Å². The molecule has 1 amide bonds. The molecular formula is C12H13N3O2. The molecule has 88 valence electrons. The molecule has 17 heavy (non-hydrogen) atoms. The van der Waals surface area contributed by atoms with E-state index >= 15 is 0 Å². The van der Waals surface area contributed by atoms with Gasteiger partial charge in [-0.25, -0.2) is 0 Å². The van der Waals surface area contributed by atoms with E-state index in [0.29, 0.717) is 23.5 Å². The predicted octanol–water partition coefficient (Wildman–Crippen LogP) is 1.57. The van der Waals surface area contributed by atoms with E-state index in [2.05, 4.69) is 5.32 Å². The van der Waals surface area contributed by atoms with Crippen LogP contribution >= 0.6 is 0 Å². The number of nitrogen functional groups attached to an aromatic ring is 1. The first kappa shape index (κ1) is 11.1. The van der Waals surface area contributed by atoms with Crippen LogP contribution in [0.2, 0.25) is 0 Å². The van der Waals surface area contributed by atoms with Gasteiger partial charge in [0.15, 0.2) is 0 Å². The minimum absolute atomic E-state index is 0.372. The van der Waals surface area contributed by atoms with Crippen molar-refractivity contribution >= 4 is 17.3 Å². The number of carbonyl (C=O) groups excluding carboxylic acids is 1. The highest BCUT2D eigenvalue weighted by Crippen LogP contribution is 2.19. The summed E-state index contributed by atoms with van der Waals surface area (Å²) >= 11 is 0. The molecule has 0 fully saturated rings. The molecule has 0 aliphatic rings. The van der Waals surface area contributed by atoms with Crippen molar-refractivity contribution in [3.8, 4) is 0 Å². The third kappa shape index (κ3) is 2.57. The Bertz CT molecular complexity index is 521. The molecule has 0 radical (unpaired) electrons. The number of carbonyl (C=O) groups is 1. The van der Waals surface area contributed by atoms with Crippen molar-refractivity contribution in [2.45, 2.75) is 6.54 Å². The normalized spacial score (nSPS) is 10.1. The topological polar surface area (TPSA) is 94.3 Å². The summed E-state index contributed by atoms with van der Waals surface area (Å²) in [4.78, 5) is 11.2. The van der Waals surface area contributed by atoms with Crippen LogP contribution < -0.4 is 16.8 Å². The summed E-state index contributed by atoms with van der Waals surface area (Å²) in [7, 11) is 0. The van der Waals surface area contributed by atoms with Crippen LogP contribution in [0.3, 0.4) is 0 Å². The average Bonchev–Trinajstić information content (AvgIpc) is 2.80. The summed E-state index contributed by atoms with van der Waals surface area (Å²) in [6.45, 7) is 0.483. The van der Waals surface area contributed by atoms with E-state index in [-0.39, 0.29) is 0 Å². The Balaban J connectivity index is 2.17. The van der Waals surface area contributed by atoms with E-state index in [9.17, 15) is 4.79 Å². The number of hydrogen-bond donors (Lipinski definition) is 3. The maximum atomic E-state index is 11.2.